The van der Waals surface area contributed by atoms with Gasteiger partial charge < -0.3 is 9.47 Å². The molecule has 0 unspecified atom stereocenters. The van der Waals surface area contributed by atoms with Crippen molar-refractivity contribution in [3.63, 3.8) is 0 Å². The van der Waals surface area contributed by atoms with Crippen molar-refractivity contribution in [1.29, 1.82) is 0 Å². The topological polar surface area (TPSA) is 21.1 Å². The van der Waals surface area contributed by atoms with Crippen molar-refractivity contribution in [2.24, 2.45) is 7.05 Å². The first kappa shape index (κ1) is 11.5. The maximum absolute atomic E-state index is 4.47. The quantitative estimate of drug-likeness (QED) is 0.672. The molecular formula is C17H17N3. The zero-order valence-corrected chi connectivity index (χ0v) is 11.8. The number of rotatable bonds is 1. The molecule has 3 heterocycles. The minimum atomic E-state index is 1.04. The van der Waals surface area contributed by atoms with Gasteiger partial charge in [0.1, 0.15) is 5.65 Å². The zero-order valence-electron chi connectivity index (χ0n) is 11.8. The summed E-state index contributed by atoms with van der Waals surface area (Å²) < 4.78 is 2.10. The summed E-state index contributed by atoms with van der Waals surface area (Å²) in [5, 5.41) is 1.22. The van der Waals surface area contributed by atoms with Gasteiger partial charge in [0.25, 0.3) is 0 Å². The van der Waals surface area contributed by atoms with E-state index in [2.05, 4.69) is 59.0 Å². The molecule has 0 spiro atoms. The Hall–Kier alpha value is -2.29. The lowest BCUT2D eigenvalue weighted by molar-refractivity contribution is 0.949. The van der Waals surface area contributed by atoms with E-state index >= 15 is 0 Å². The summed E-state index contributed by atoms with van der Waals surface area (Å²) in [6.07, 6.45) is 5.18. The highest BCUT2D eigenvalue weighted by Crippen LogP contribution is 2.35. The molecule has 0 aliphatic carbocycles. The second-order valence-corrected chi connectivity index (χ2v) is 5.54. The molecule has 1 aromatic carbocycles. The number of likely N-dealkylation sites (N-methyl/N-ethyl adjacent to an activating group) is 1. The van der Waals surface area contributed by atoms with Crippen molar-refractivity contribution in [1.82, 2.24) is 9.55 Å². The van der Waals surface area contributed by atoms with Crippen LogP contribution in [-0.4, -0.2) is 23.1 Å². The Morgan fingerprint density at radius 2 is 2.05 bits per heavy atom. The van der Waals surface area contributed by atoms with Gasteiger partial charge in [-0.15, -0.1) is 0 Å². The van der Waals surface area contributed by atoms with Gasteiger partial charge in [0.2, 0.25) is 0 Å². The minimum absolute atomic E-state index is 1.04. The largest absolute Gasteiger partial charge is 0.374 e. The van der Waals surface area contributed by atoms with Gasteiger partial charge >= 0.3 is 0 Å². The SMILES string of the molecule is CN1CCc2ccc(-c3cn(C)c4ncccc34)cc21. The lowest BCUT2D eigenvalue weighted by Gasteiger charge is -2.12. The summed E-state index contributed by atoms with van der Waals surface area (Å²) in [4.78, 5) is 6.80. The molecule has 1 aliphatic rings. The summed E-state index contributed by atoms with van der Waals surface area (Å²) in [6, 6.07) is 11.0. The molecule has 20 heavy (non-hydrogen) atoms. The summed E-state index contributed by atoms with van der Waals surface area (Å²) in [7, 11) is 4.22. The van der Waals surface area contributed by atoms with Gasteiger partial charge in [-0.2, -0.15) is 0 Å². The molecule has 0 saturated carbocycles. The molecule has 3 aromatic rings. The van der Waals surface area contributed by atoms with E-state index in [1.165, 1.54) is 27.8 Å². The van der Waals surface area contributed by atoms with Crippen molar-refractivity contribution < 1.29 is 0 Å². The number of pyridine rings is 1. The van der Waals surface area contributed by atoms with Crippen LogP contribution in [0.4, 0.5) is 5.69 Å². The molecule has 0 radical (unpaired) electrons. The third kappa shape index (κ3) is 1.56. The molecular weight excluding hydrogens is 246 g/mol. The monoisotopic (exact) mass is 263 g/mol. The molecule has 0 amide bonds. The third-order valence-corrected chi connectivity index (χ3v) is 4.26. The number of hydrogen-bond acceptors (Lipinski definition) is 2. The number of fused-ring (bicyclic) bond motifs is 2. The minimum Gasteiger partial charge on any atom is -0.374 e. The number of nitrogens with zero attached hydrogens (tertiary/aromatic N) is 3. The van der Waals surface area contributed by atoms with Gasteiger partial charge in [0.05, 0.1) is 0 Å². The Morgan fingerprint density at radius 1 is 1.15 bits per heavy atom. The maximum atomic E-state index is 4.47. The van der Waals surface area contributed by atoms with E-state index in [1.54, 1.807) is 0 Å². The fourth-order valence-corrected chi connectivity index (χ4v) is 3.15. The first-order valence-electron chi connectivity index (χ1n) is 6.98. The van der Waals surface area contributed by atoms with Crippen LogP contribution < -0.4 is 4.90 Å². The Morgan fingerprint density at radius 3 is 2.95 bits per heavy atom. The Kier molecular flexibility index (Phi) is 2.36. The van der Waals surface area contributed by atoms with Crippen LogP contribution >= 0.6 is 0 Å². The van der Waals surface area contributed by atoms with E-state index < -0.39 is 0 Å². The van der Waals surface area contributed by atoms with Crippen molar-refractivity contribution in [2.75, 3.05) is 18.5 Å². The predicted molar refractivity (Wildman–Crippen MR) is 83.1 cm³/mol. The van der Waals surface area contributed by atoms with E-state index in [0.29, 0.717) is 0 Å². The second-order valence-electron chi connectivity index (χ2n) is 5.54. The van der Waals surface area contributed by atoms with E-state index in [4.69, 9.17) is 0 Å². The van der Waals surface area contributed by atoms with Crippen LogP contribution in [0.2, 0.25) is 0 Å². The number of benzene rings is 1. The normalized spacial score (nSPS) is 14.0. The van der Waals surface area contributed by atoms with Gasteiger partial charge in [0.15, 0.2) is 0 Å². The summed E-state index contributed by atoms with van der Waals surface area (Å²) in [5.41, 5.74) is 6.39. The number of aromatic nitrogens is 2. The molecule has 4 rings (SSSR count). The van der Waals surface area contributed by atoms with Crippen LogP contribution in [0.1, 0.15) is 5.56 Å². The van der Waals surface area contributed by atoms with Gasteiger partial charge in [-0.1, -0.05) is 12.1 Å². The highest BCUT2D eigenvalue weighted by molar-refractivity contribution is 5.94. The Balaban J connectivity index is 1.94. The lowest BCUT2D eigenvalue weighted by atomic mass is 10.0. The lowest BCUT2D eigenvalue weighted by Crippen LogP contribution is -2.12. The first-order chi connectivity index (χ1) is 9.74. The summed E-state index contributed by atoms with van der Waals surface area (Å²) in [5.74, 6) is 0. The number of anilines is 1. The van der Waals surface area contributed by atoms with Gasteiger partial charge in [0, 0.05) is 49.7 Å². The standard InChI is InChI=1S/C17H17N3/c1-19-9-7-12-5-6-13(10-16(12)19)15-11-20(2)17-14(15)4-3-8-18-17/h3-6,8,10-11H,7,9H2,1-2H3. The molecule has 0 N–H and O–H groups in total. The van der Waals surface area contributed by atoms with Crippen LogP contribution in [0.3, 0.4) is 0 Å². The maximum Gasteiger partial charge on any atom is 0.140 e. The summed E-state index contributed by atoms with van der Waals surface area (Å²) >= 11 is 0. The first-order valence-corrected chi connectivity index (χ1v) is 6.98. The second kappa shape index (κ2) is 4.10. The number of aryl methyl sites for hydroxylation is 1. The van der Waals surface area contributed by atoms with Crippen molar-refractivity contribution in [3.05, 3.63) is 48.3 Å². The molecule has 0 bridgehead atoms. The molecule has 100 valence electrons. The van der Waals surface area contributed by atoms with E-state index in [0.717, 1.165) is 18.6 Å². The Bertz CT molecular complexity index is 801. The number of hydrogen-bond donors (Lipinski definition) is 0. The third-order valence-electron chi connectivity index (χ3n) is 4.26. The van der Waals surface area contributed by atoms with E-state index in [-0.39, 0.29) is 0 Å². The van der Waals surface area contributed by atoms with Crippen molar-refractivity contribution in [2.45, 2.75) is 6.42 Å². The van der Waals surface area contributed by atoms with Crippen LogP contribution in [0.15, 0.2) is 42.7 Å². The van der Waals surface area contributed by atoms with Crippen LogP contribution in [-0.2, 0) is 13.5 Å². The molecule has 3 heteroatoms. The Labute approximate surface area is 118 Å². The van der Waals surface area contributed by atoms with E-state index in [1.807, 2.05) is 12.3 Å². The van der Waals surface area contributed by atoms with Crippen LogP contribution in [0.25, 0.3) is 22.2 Å². The van der Waals surface area contributed by atoms with Crippen LogP contribution in [0.5, 0.6) is 0 Å². The van der Waals surface area contributed by atoms with Crippen molar-refractivity contribution >= 4 is 16.7 Å². The molecule has 0 atom stereocenters. The van der Waals surface area contributed by atoms with Gasteiger partial charge in [-0.3, -0.25) is 0 Å². The fourth-order valence-electron chi connectivity index (χ4n) is 3.15. The molecule has 3 nitrogen and oxygen atoms in total. The molecule has 0 saturated heterocycles. The highest BCUT2D eigenvalue weighted by Gasteiger charge is 2.17. The average Bonchev–Trinajstić information content (AvgIpc) is 3.01. The van der Waals surface area contributed by atoms with Crippen molar-refractivity contribution in [3.8, 4) is 11.1 Å². The van der Waals surface area contributed by atoms with Gasteiger partial charge in [-0.05, 0) is 35.7 Å². The molecule has 2 aromatic heterocycles. The highest BCUT2D eigenvalue weighted by atomic mass is 15.1. The smallest absolute Gasteiger partial charge is 0.140 e. The molecule has 0 fully saturated rings. The summed E-state index contributed by atoms with van der Waals surface area (Å²) in [6.45, 7) is 1.12. The van der Waals surface area contributed by atoms with Gasteiger partial charge in [-0.25, -0.2) is 4.98 Å². The van der Waals surface area contributed by atoms with E-state index in [9.17, 15) is 0 Å². The molecule has 1 aliphatic heterocycles. The van der Waals surface area contributed by atoms with Crippen LogP contribution in [0, 0.1) is 0 Å². The predicted octanol–water partition coefficient (Wildman–Crippen LogP) is 3.23. The average molecular weight is 263 g/mol. The zero-order chi connectivity index (χ0) is 13.7. The fraction of sp³-hybridized carbons (Fsp3) is 0.235.